The maximum atomic E-state index is 11.1. The van der Waals surface area contributed by atoms with Crippen LogP contribution in [0.4, 0.5) is 0 Å². The lowest BCUT2D eigenvalue weighted by Gasteiger charge is -2.03. The topological polar surface area (TPSA) is 112 Å². The van der Waals surface area contributed by atoms with E-state index in [-0.39, 0.29) is 0 Å². The summed E-state index contributed by atoms with van der Waals surface area (Å²) >= 11 is 0. The number of fused-ring (bicyclic) bond motifs is 1. The number of hydrogen-bond acceptors (Lipinski definition) is 4. The van der Waals surface area contributed by atoms with Gasteiger partial charge in [0.1, 0.15) is 6.42 Å². The minimum atomic E-state index is -1.16. The standard InChI is InChI=1S/C12H12N2O5/c15-10(6-11(16)17)13-4-3-7-1-2-8-9(5-7)19-12(18)14-8/h1-2,5H,3-4,6H2,(H,13,15)(H,14,18)(H,16,17). The molecule has 0 aliphatic carbocycles. The second-order valence-corrected chi connectivity index (χ2v) is 4.02. The van der Waals surface area contributed by atoms with Gasteiger partial charge in [-0.05, 0) is 24.1 Å². The van der Waals surface area contributed by atoms with Crippen LogP contribution in [0.5, 0.6) is 0 Å². The Morgan fingerprint density at radius 1 is 1.37 bits per heavy atom. The first kappa shape index (κ1) is 12.9. The number of carbonyl (C=O) groups excluding carboxylic acids is 1. The Kier molecular flexibility index (Phi) is 3.65. The van der Waals surface area contributed by atoms with Crippen molar-refractivity contribution in [3.8, 4) is 0 Å². The molecule has 0 radical (unpaired) electrons. The molecule has 1 heterocycles. The number of oxazole rings is 1. The molecule has 1 amide bonds. The number of aromatic nitrogens is 1. The van der Waals surface area contributed by atoms with Crippen molar-refractivity contribution in [2.75, 3.05) is 6.54 Å². The van der Waals surface area contributed by atoms with Gasteiger partial charge >= 0.3 is 11.7 Å². The van der Waals surface area contributed by atoms with E-state index in [1.54, 1.807) is 18.2 Å². The number of carboxylic acids is 1. The van der Waals surface area contributed by atoms with Crippen molar-refractivity contribution >= 4 is 23.0 Å². The van der Waals surface area contributed by atoms with Gasteiger partial charge in [0.05, 0.1) is 5.52 Å². The Bertz CT molecular complexity index is 670. The largest absolute Gasteiger partial charge is 0.481 e. The maximum Gasteiger partial charge on any atom is 0.417 e. The number of carbonyl (C=O) groups is 2. The first-order chi connectivity index (χ1) is 9.04. The van der Waals surface area contributed by atoms with Gasteiger partial charge < -0.3 is 14.8 Å². The first-order valence-electron chi connectivity index (χ1n) is 5.65. The average molecular weight is 264 g/mol. The van der Waals surface area contributed by atoms with Crippen LogP contribution in [0, 0.1) is 0 Å². The fourth-order valence-corrected chi connectivity index (χ4v) is 1.69. The van der Waals surface area contributed by atoms with Crippen molar-refractivity contribution in [3.05, 3.63) is 34.3 Å². The number of H-pyrrole nitrogens is 1. The van der Waals surface area contributed by atoms with Crippen molar-refractivity contribution in [3.63, 3.8) is 0 Å². The zero-order chi connectivity index (χ0) is 13.8. The highest BCUT2D eigenvalue weighted by Crippen LogP contribution is 2.12. The minimum absolute atomic E-state index is 0.326. The summed E-state index contributed by atoms with van der Waals surface area (Å²) in [6, 6.07) is 5.22. The van der Waals surface area contributed by atoms with E-state index in [9.17, 15) is 14.4 Å². The molecule has 0 aliphatic heterocycles. The van der Waals surface area contributed by atoms with E-state index in [0.29, 0.717) is 24.1 Å². The van der Waals surface area contributed by atoms with Crippen molar-refractivity contribution in [1.29, 1.82) is 0 Å². The molecule has 0 aliphatic rings. The summed E-state index contributed by atoms with van der Waals surface area (Å²) < 4.78 is 4.91. The fraction of sp³-hybridized carbons (Fsp3) is 0.250. The Labute approximate surface area is 107 Å². The monoisotopic (exact) mass is 264 g/mol. The van der Waals surface area contributed by atoms with E-state index in [2.05, 4.69) is 10.3 Å². The van der Waals surface area contributed by atoms with Crippen LogP contribution in [0.3, 0.4) is 0 Å². The van der Waals surface area contributed by atoms with Gasteiger partial charge in [-0.3, -0.25) is 14.6 Å². The number of aromatic amines is 1. The number of aliphatic carboxylic acids is 1. The van der Waals surface area contributed by atoms with Gasteiger partial charge in [0.25, 0.3) is 0 Å². The summed E-state index contributed by atoms with van der Waals surface area (Å²) in [6.45, 7) is 0.326. The Balaban J connectivity index is 1.92. The maximum absolute atomic E-state index is 11.1. The normalized spacial score (nSPS) is 10.5. The first-order valence-corrected chi connectivity index (χ1v) is 5.65. The molecule has 2 rings (SSSR count). The number of benzene rings is 1. The van der Waals surface area contributed by atoms with Crippen LogP contribution in [-0.2, 0) is 16.0 Å². The van der Waals surface area contributed by atoms with Gasteiger partial charge in [0, 0.05) is 6.54 Å². The van der Waals surface area contributed by atoms with Crippen LogP contribution in [0.25, 0.3) is 11.1 Å². The third kappa shape index (κ3) is 3.44. The highest BCUT2D eigenvalue weighted by molar-refractivity contribution is 5.93. The molecule has 1 aromatic heterocycles. The van der Waals surface area contributed by atoms with Crippen LogP contribution < -0.4 is 11.1 Å². The summed E-state index contributed by atoms with van der Waals surface area (Å²) in [6.07, 6.45) is -0.0120. The van der Waals surface area contributed by atoms with Crippen LogP contribution in [0.1, 0.15) is 12.0 Å². The molecular formula is C12H12N2O5. The third-order valence-electron chi connectivity index (χ3n) is 2.53. The van der Waals surface area contributed by atoms with Crippen LogP contribution in [-0.4, -0.2) is 28.5 Å². The Morgan fingerprint density at radius 3 is 2.89 bits per heavy atom. The van der Waals surface area contributed by atoms with E-state index in [0.717, 1.165) is 5.56 Å². The van der Waals surface area contributed by atoms with E-state index in [1.165, 1.54) is 0 Å². The SMILES string of the molecule is O=C(O)CC(=O)NCCc1ccc2[nH]c(=O)oc2c1. The zero-order valence-corrected chi connectivity index (χ0v) is 9.93. The lowest BCUT2D eigenvalue weighted by atomic mass is 10.1. The lowest BCUT2D eigenvalue weighted by Crippen LogP contribution is -2.27. The van der Waals surface area contributed by atoms with E-state index < -0.39 is 24.1 Å². The lowest BCUT2D eigenvalue weighted by molar-refractivity contribution is -0.140. The highest BCUT2D eigenvalue weighted by atomic mass is 16.4. The fourth-order valence-electron chi connectivity index (χ4n) is 1.69. The molecule has 1 aromatic carbocycles. The van der Waals surface area contributed by atoms with Crippen molar-refractivity contribution in [2.45, 2.75) is 12.8 Å². The summed E-state index contributed by atoms with van der Waals surface area (Å²) in [4.78, 5) is 34.9. The van der Waals surface area contributed by atoms with E-state index >= 15 is 0 Å². The molecule has 0 unspecified atom stereocenters. The summed E-state index contributed by atoms with van der Waals surface area (Å²) in [5, 5.41) is 10.9. The van der Waals surface area contributed by atoms with Crippen molar-refractivity contribution < 1.29 is 19.1 Å². The molecule has 2 aromatic rings. The molecule has 0 atom stereocenters. The molecule has 0 saturated carbocycles. The molecular weight excluding hydrogens is 252 g/mol. The number of hydrogen-bond donors (Lipinski definition) is 3. The number of carboxylic acid groups (broad SMARTS) is 1. The van der Waals surface area contributed by atoms with Gasteiger partial charge in [-0.2, -0.15) is 0 Å². The third-order valence-corrected chi connectivity index (χ3v) is 2.53. The molecule has 0 fully saturated rings. The molecule has 0 bridgehead atoms. The number of amides is 1. The van der Waals surface area contributed by atoms with Gasteiger partial charge in [-0.25, -0.2) is 4.79 Å². The molecule has 7 heteroatoms. The minimum Gasteiger partial charge on any atom is -0.481 e. The van der Waals surface area contributed by atoms with Crippen molar-refractivity contribution in [1.82, 2.24) is 10.3 Å². The van der Waals surface area contributed by atoms with Gasteiger partial charge in [0.15, 0.2) is 5.58 Å². The van der Waals surface area contributed by atoms with Crippen LogP contribution >= 0.6 is 0 Å². The predicted octanol–water partition coefficient (Wildman–Crippen LogP) is 0.254. The number of rotatable bonds is 5. The van der Waals surface area contributed by atoms with Gasteiger partial charge in [-0.15, -0.1) is 0 Å². The van der Waals surface area contributed by atoms with Gasteiger partial charge in [-0.1, -0.05) is 6.07 Å². The molecule has 7 nitrogen and oxygen atoms in total. The summed E-state index contributed by atoms with van der Waals surface area (Å²) in [7, 11) is 0. The molecule has 0 spiro atoms. The Morgan fingerprint density at radius 2 is 2.16 bits per heavy atom. The van der Waals surface area contributed by atoms with E-state index in [4.69, 9.17) is 9.52 Å². The Hall–Kier alpha value is -2.57. The molecule has 0 saturated heterocycles. The summed E-state index contributed by atoms with van der Waals surface area (Å²) in [5.41, 5.74) is 1.95. The smallest absolute Gasteiger partial charge is 0.417 e. The molecule has 100 valence electrons. The van der Waals surface area contributed by atoms with Crippen molar-refractivity contribution in [2.24, 2.45) is 0 Å². The van der Waals surface area contributed by atoms with Crippen LogP contribution in [0.2, 0.25) is 0 Å². The number of nitrogens with one attached hydrogen (secondary N) is 2. The predicted molar refractivity (Wildman–Crippen MR) is 65.8 cm³/mol. The van der Waals surface area contributed by atoms with Crippen LogP contribution in [0.15, 0.2) is 27.4 Å². The second kappa shape index (κ2) is 5.38. The molecule has 19 heavy (non-hydrogen) atoms. The molecule has 3 N–H and O–H groups in total. The quantitative estimate of drug-likeness (QED) is 0.670. The van der Waals surface area contributed by atoms with Gasteiger partial charge in [0.2, 0.25) is 5.91 Å². The average Bonchev–Trinajstić information content (AvgIpc) is 2.67. The zero-order valence-electron chi connectivity index (χ0n) is 9.93. The van der Waals surface area contributed by atoms with E-state index in [1.807, 2.05) is 0 Å². The summed E-state index contributed by atoms with van der Waals surface area (Å²) in [5.74, 6) is -2.20. The second-order valence-electron chi connectivity index (χ2n) is 4.02. The highest BCUT2D eigenvalue weighted by Gasteiger charge is 2.07.